The monoisotopic (exact) mass is 269 g/mol. The normalized spacial score (nSPS) is 19.4. The maximum absolute atomic E-state index is 4.74. The Morgan fingerprint density at radius 2 is 2.15 bits per heavy atom. The fourth-order valence-corrected chi connectivity index (χ4v) is 3.18. The second kappa shape index (κ2) is 5.31. The predicted octanol–water partition coefficient (Wildman–Crippen LogP) is 3.82. The topological polar surface area (TPSA) is 28.2 Å². The number of benzene rings is 1. The summed E-state index contributed by atoms with van der Waals surface area (Å²) in [6.45, 7) is 6.73. The van der Waals surface area contributed by atoms with Gasteiger partial charge in [0.1, 0.15) is 5.82 Å². The Labute approximate surface area is 121 Å². The quantitative estimate of drug-likeness (QED) is 0.898. The summed E-state index contributed by atoms with van der Waals surface area (Å²) < 4.78 is 0. The van der Waals surface area contributed by atoms with Crippen LogP contribution in [0.3, 0.4) is 0 Å². The van der Waals surface area contributed by atoms with Gasteiger partial charge in [-0.1, -0.05) is 24.6 Å². The van der Waals surface area contributed by atoms with Gasteiger partial charge in [-0.15, -0.1) is 0 Å². The number of nitrogens with zero attached hydrogens (tertiary/aromatic N) is 2. The third-order valence-electron chi connectivity index (χ3n) is 4.25. The van der Waals surface area contributed by atoms with E-state index in [2.05, 4.69) is 42.3 Å². The van der Waals surface area contributed by atoms with Crippen LogP contribution in [0.1, 0.15) is 25.3 Å². The molecule has 0 amide bonds. The van der Waals surface area contributed by atoms with Gasteiger partial charge in [-0.25, -0.2) is 4.98 Å². The lowest BCUT2D eigenvalue weighted by molar-refractivity contribution is 0.445. The molecule has 1 atom stereocenters. The van der Waals surface area contributed by atoms with Gasteiger partial charge < -0.3 is 10.2 Å². The van der Waals surface area contributed by atoms with E-state index in [0.717, 1.165) is 30.5 Å². The number of rotatable bonds is 2. The fourth-order valence-electron chi connectivity index (χ4n) is 3.18. The van der Waals surface area contributed by atoms with Crippen molar-refractivity contribution in [2.45, 2.75) is 26.7 Å². The standard InChI is InChI=1S/C17H23N3/c1-12-6-7-14-15(9-12)17(19-10-16(14)18-3)20-8-4-5-13(2)11-20/h6-7,9-10,13,18H,4-5,8,11H2,1-3H3. The van der Waals surface area contributed by atoms with Gasteiger partial charge in [0.15, 0.2) is 0 Å². The summed E-state index contributed by atoms with van der Waals surface area (Å²) in [5.41, 5.74) is 2.40. The number of hydrogen-bond donors (Lipinski definition) is 1. The van der Waals surface area contributed by atoms with Crippen molar-refractivity contribution >= 4 is 22.3 Å². The number of aryl methyl sites for hydroxylation is 1. The van der Waals surface area contributed by atoms with Gasteiger partial charge in [-0.2, -0.15) is 0 Å². The lowest BCUT2D eigenvalue weighted by Crippen LogP contribution is -2.34. The van der Waals surface area contributed by atoms with E-state index in [4.69, 9.17) is 4.98 Å². The molecule has 3 heteroatoms. The second-order valence-electron chi connectivity index (χ2n) is 5.99. The third kappa shape index (κ3) is 2.33. The number of hydrogen-bond acceptors (Lipinski definition) is 3. The Morgan fingerprint density at radius 3 is 2.90 bits per heavy atom. The number of aromatic nitrogens is 1. The molecule has 1 aliphatic heterocycles. The van der Waals surface area contributed by atoms with Crippen molar-refractivity contribution in [3.63, 3.8) is 0 Å². The minimum absolute atomic E-state index is 0.759. The number of piperidine rings is 1. The first kappa shape index (κ1) is 13.2. The average molecular weight is 269 g/mol. The smallest absolute Gasteiger partial charge is 0.136 e. The van der Waals surface area contributed by atoms with E-state index in [1.165, 1.54) is 29.2 Å². The SMILES string of the molecule is CNc1cnc(N2CCCC(C)C2)c2cc(C)ccc12. The maximum atomic E-state index is 4.74. The first-order chi connectivity index (χ1) is 9.69. The Morgan fingerprint density at radius 1 is 1.30 bits per heavy atom. The zero-order chi connectivity index (χ0) is 14.1. The zero-order valence-corrected chi connectivity index (χ0v) is 12.6. The molecule has 0 saturated carbocycles. The number of anilines is 2. The van der Waals surface area contributed by atoms with Gasteiger partial charge in [0.25, 0.3) is 0 Å². The zero-order valence-electron chi connectivity index (χ0n) is 12.6. The van der Waals surface area contributed by atoms with Crippen LogP contribution < -0.4 is 10.2 Å². The molecule has 106 valence electrons. The molecule has 0 bridgehead atoms. The van der Waals surface area contributed by atoms with Gasteiger partial charge in [-0.3, -0.25) is 0 Å². The predicted molar refractivity (Wildman–Crippen MR) is 86.6 cm³/mol. The van der Waals surface area contributed by atoms with Gasteiger partial charge in [-0.05, 0) is 31.7 Å². The number of pyridine rings is 1. The van der Waals surface area contributed by atoms with Crippen molar-refractivity contribution in [3.05, 3.63) is 30.0 Å². The molecule has 2 heterocycles. The van der Waals surface area contributed by atoms with Crippen LogP contribution in [0.4, 0.5) is 11.5 Å². The molecule has 0 spiro atoms. The van der Waals surface area contributed by atoms with Crippen molar-refractivity contribution in [1.29, 1.82) is 0 Å². The number of nitrogens with one attached hydrogen (secondary N) is 1. The molecule has 1 unspecified atom stereocenters. The molecular weight excluding hydrogens is 246 g/mol. The Hall–Kier alpha value is -1.77. The molecule has 0 radical (unpaired) electrons. The van der Waals surface area contributed by atoms with Crippen molar-refractivity contribution < 1.29 is 0 Å². The van der Waals surface area contributed by atoms with E-state index in [9.17, 15) is 0 Å². The van der Waals surface area contributed by atoms with Crippen LogP contribution in [0.15, 0.2) is 24.4 Å². The van der Waals surface area contributed by atoms with Crippen molar-refractivity contribution in [1.82, 2.24) is 4.98 Å². The first-order valence-corrected chi connectivity index (χ1v) is 7.51. The van der Waals surface area contributed by atoms with Gasteiger partial charge in [0.05, 0.1) is 11.9 Å². The van der Waals surface area contributed by atoms with Crippen LogP contribution in [0.25, 0.3) is 10.8 Å². The van der Waals surface area contributed by atoms with E-state index >= 15 is 0 Å². The molecule has 0 aliphatic carbocycles. The average Bonchev–Trinajstić information content (AvgIpc) is 2.45. The van der Waals surface area contributed by atoms with Gasteiger partial charge in [0, 0.05) is 30.9 Å². The van der Waals surface area contributed by atoms with E-state index < -0.39 is 0 Å². The van der Waals surface area contributed by atoms with Crippen molar-refractivity contribution in [2.75, 3.05) is 30.4 Å². The van der Waals surface area contributed by atoms with Gasteiger partial charge in [0.2, 0.25) is 0 Å². The summed E-state index contributed by atoms with van der Waals surface area (Å²) in [5.74, 6) is 1.91. The molecule has 2 aromatic rings. The molecule has 1 saturated heterocycles. The molecule has 1 aliphatic rings. The Kier molecular flexibility index (Phi) is 3.51. The summed E-state index contributed by atoms with van der Waals surface area (Å²) >= 11 is 0. The maximum Gasteiger partial charge on any atom is 0.136 e. The van der Waals surface area contributed by atoms with Crippen LogP contribution in [-0.4, -0.2) is 25.1 Å². The van der Waals surface area contributed by atoms with Crippen LogP contribution in [-0.2, 0) is 0 Å². The minimum Gasteiger partial charge on any atom is -0.386 e. The number of fused-ring (bicyclic) bond motifs is 1. The highest BCUT2D eigenvalue weighted by Gasteiger charge is 2.20. The molecule has 1 N–H and O–H groups in total. The largest absolute Gasteiger partial charge is 0.386 e. The first-order valence-electron chi connectivity index (χ1n) is 7.51. The third-order valence-corrected chi connectivity index (χ3v) is 4.25. The lowest BCUT2D eigenvalue weighted by Gasteiger charge is -2.32. The second-order valence-corrected chi connectivity index (χ2v) is 5.99. The summed E-state index contributed by atoms with van der Waals surface area (Å²) in [4.78, 5) is 7.19. The van der Waals surface area contributed by atoms with Crippen LogP contribution in [0, 0.1) is 12.8 Å². The summed E-state index contributed by atoms with van der Waals surface area (Å²) in [6, 6.07) is 6.64. The molecule has 1 aromatic heterocycles. The van der Waals surface area contributed by atoms with Gasteiger partial charge >= 0.3 is 0 Å². The molecule has 1 aromatic carbocycles. The summed E-state index contributed by atoms with van der Waals surface area (Å²) in [6.07, 6.45) is 4.57. The van der Waals surface area contributed by atoms with E-state index in [1.54, 1.807) is 0 Å². The van der Waals surface area contributed by atoms with E-state index in [0.29, 0.717) is 0 Å². The lowest BCUT2D eigenvalue weighted by atomic mass is 9.99. The van der Waals surface area contributed by atoms with Crippen LogP contribution in [0.5, 0.6) is 0 Å². The molecule has 3 rings (SSSR count). The highest BCUT2D eigenvalue weighted by Crippen LogP contribution is 2.32. The van der Waals surface area contributed by atoms with Crippen LogP contribution in [0.2, 0.25) is 0 Å². The minimum atomic E-state index is 0.759. The Balaban J connectivity index is 2.13. The molecule has 20 heavy (non-hydrogen) atoms. The fraction of sp³-hybridized carbons (Fsp3) is 0.471. The highest BCUT2D eigenvalue weighted by atomic mass is 15.2. The highest BCUT2D eigenvalue weighted by molar-refractivity contribution is 6.00. The van der Waals surface area contributed by atoms with E-state index in [1.807, 2.05) is 13.2 Å². The summed E-state index contributed by atoms with van der Waals surface area (Å²) in [5, 5.41) is 5.78. The van der Waals surface area contributed by atoms with Crippen LogP contribution >= 0.6 is 0 Å². The van der Waals surface area contributed by atoms with E-state index in [-0.39, 0.29) is 0 Å². The van der Waals surface area contributed by atoms with Crippen molar-refractivity contribution in [2.24, 2.45) is 5.92 Å². The van der Waals surface area contributed by atoms with Crippen molar-refractivity contribution in [3.8, 4) is 0 Å². The Bertz CT molecular complexity index is 621. The molecule has 1 fully saturated rings. The molecular formula is C17H23N3. The molecule has 3 nitrogen and oxygen atoms in total. The summed E-state index contributed by atoms with van der Waals surface area (Å²) in [7, 11) is 1.96.